The number of rotatable bonds is 4. The number of benzene rings is 1. The maximum atomic E-state index is 12.6. The van der Waals surface area contributed by atoms with Crippen LogP contribution in [0.25, 0.3) is 0 Å². The maximum Gasteiger partial charge on any atom is 0.123 e. The van der Waals surface area contributed by atoms with Gasteiger partial charge in [-0.15, -0.1) is 11.6 Å². The lowest BCUT2D eigenvalue weighted by Gasteiger charge is -2.11. The van der Waals surface area contributed by atoms with E-state index >= 15 is 0 Å². The molecule has 1 atom stereocenters. The van der Waals surface area contributed by atoms with Crippen LogP contribution < -0.4 is 0 Å². The molecule has 0 aliphatic rings. The number of hydrogen-bond acceptors (Lipinski definition) is 0. The first-order chi connectivity index (χ1) is 6.58. The highest BCUT2D eigenvalue weighted by atomic mass is 35.5. The lowest BCUT2D eigenvalue weighted by molar-refractivity contribution is 0.561. The summed E-state index contributed by atoms with van der Waals surface area (Å²) in [5, 5.41) is 0.153. The van der Waals surface area contributed by atoms with E-state index in [4.69, 9.17) is 11.6 Å². The van der Waals surface area contributed by atoms with Gasteiger partial charge in [0, 0.05) is 5.38 Å². The van der Waals surface area contributed by atoms with Gasteiger partial charge in [0.15, 0.2) is 0 Å². The highest BCUT2D eigenvalue weighted by molar-refractivity contribution is 6.20. The zero-order valence-corrected chi connectivity index (χ0v) is 9.39. The fourth-order valence-corrected chi connectivity index (χ4v) is 2.01. The topological polar surface area (TPSA) is 0 Å². The monoisotopic (exact) mass is 214 g/mol. The van der Waals surface area contributed by atoms with Crippen LogP contribution in [0.15, 0.2) is 24.3 Å². The van der Waals surface area contributed by atoms with Gasteiger partial charge in [-0.05, 0) is 36.5 Å². The van der Waals surface area contributed by atoms with Crippen LogP contribution in [-0.4, -0.2) is 5.38 Å². The highest BCUT2D eigenvalue weighted by Gasteiger charge is 2.08. The van der Waals surface area contributed by atoms with Gasteiger partial charge in [-0.3, -0.25) is 0 Å². The van der Waals surface area contributed by atoms with E-state index in [2.05, 4.69) is 13.8 Å². The van der Waals surface area contributed by atoms with Crippen molar-refractivity contribution in [3.05, 3.63) is 35.6 Å². The smallest absolute Gasteiger partial charge is 0.123 e. The van der Waals surface area contributed by atoms with Crippen molar-refractivity contribution in [2.24, 2.45) is 5.92 Å². The van der Waals surface area contributed by atoms with Crippen molar-refractivity contribution in [1.29, 1.82) is 0 Å². The normalized spacial score (nSPS) is 13.2. The van der Waals surface area contributed by atoms with E-state index in [9.17, 15) is 4.39 Å². The molecule has 0 aliphatic heterocycles. The van der Waals surface area contributed by atoms with Crippen LogP contribution in [0.2, 0.25) is 0 Å². The minimum absolute atomic E-state index is 0.153. The Bertz CT molecular complexity index is 266. The highest BCUT2D eigenvalue weighted by Crippen LogP contribution is 2.16. The Hall–Kier alpha value is -0.560. The molecule has 0 spiro atoms. The minimum Gasteiger partial charge on any atom is -0.207 e. The molecule has 1 rings (SSSR count). The van der Waals surface area contributed by atoms with Crippen LogP contribution in [0.3, 0.4) is 0 Å². The number of hydrogen-bond donors (Lipinski definition) is 0. The molecule has 78 valence electrons. The minimum atomic E-state index is -0.191. The summed E-state index contributed by atoms with van der Waals surface area (Å²) < 4.78 is 12.6. The molecule has 1 aromatic carbocycles. The summed E-state index contributed by atoms with van der Waals surface area (Å²) in [5.41, 5.74) is 1.10. The zero-order valence-electron chi connectivity index (χ0n) is 8.63. The van der Waals surface area contributed by atoms with Crippen LogP contribution in [0.5, 0.6) is 0 Å². The van der Waals surface area contributed by atoms with E-state index < -0.39 is 0 Å². The van der Waals surface area contributed by atoms with Crippen molar-refractivity contribution < 1.29 is 4.39 Å². The molecule has 1 aromatic rings. The average molecular weight is 215 g/mol. The molecule has 0 amide bonds. The maximum absolute atomic E-state index is 12.6. The van der Waals surface area contributed by atoms with Crippen molar-refractivity contribution >= 4 is 11.6 Å². The molecule has 2 heteroatoms. The summed E-state index contributed by atoms with van der Waals surface area (Å²) in [5.74, 6) is 0.418. The standard InChI is InChI=1S/C12H16ClF/c1-9(2)7-11(13)8-10-3-5-12(14)6-4-10/h3-6,9,11H,7-8H2,1-2H3. The van der Waals surface area contributed by atoms with Crippen LogP contribution in [0.4, 0.5) is 4.39 Å². The largest absolute Gasteiger partial charge is 0.207 e. The molecule has 0 fully saturated rings. The Labute approximate surface area is 90.1 Å². The third-order valence-electron chi connectivity index (χ3n) is 2.10. The van der Waals surface area contributed by atoms with Crippen molar-refractivity contribution in [2.45, 2.75) is 32.1 Å². The SMILES string of the molecule is CC(C)CC(Cl)Cc1ccc(F)cc1. The Kier molecular flexibility index (Phi) is 4.40. The third kappa shape index (κ3) is 4.10. The number of alkyl halides is 1. The first-order valence-electron chi connectivity index (χ1n) is 4.96. The van der Waals surface area contributed by atoms with Gasteiger partial charge < -0.3 is 0 Å². The summed E-state index contributed by atoms with van der Waals surface area (Å²) in [6.07, 6.45) is 1.82. The van der Waals surface area contributed by atoms with Gasteiger partial charge >= 0.3 is 0 Å². The predicted molar refractivity (Wildman–Crippen MR) is 59.2 cm³/mol. The second kappa shape index (κ2) is 5.35. The van der Waals surface area contributed by atoms with Gasteiger partial charge in [-0.2, -0.15) is 0 Å². The fourth-order valence-electron chi connectivity index (χ4n) is 1.47. The van der Waals surface area contributed by atoms with Gasteiger partial charge in [-0.25, -0.2) is 4.39 Å². The van der Waals surface area contributed by atoms with Crippen LogP contribution in [-0.2, 0) is 6.42 Å². The van der Waals surface area contributed by atoms with Crippen molar-refractivity contribution in [2.75, 3.05) is 0 Å². The Balaban J connectivity index is 2.47. The van der Waals surface area contributed by atoms with E-state index in [0.29, 0.717) is 5.92 Å². The zero-order chi connectivity index (χ0) is 10.6. The quantitative estimate of drug-likeness (QED) is 0.665. The second-order valence-electron chi connectivity index (χ2n) is 4.06. The Morgan fingerprint density at radius 1 is 1.21 bits per heavy atom. The first-order valence-corrected chi connectivity index (χ1v) is 5.40. The molecule has 0 saturated carbocycles. The Morgan fingerprint density at radius 3 is 2.29 bits per heavy atom. The molecular formula is C12H16ClF. The van der Waals surface area contributed by atoms with Gasteiger partial charge in [-0.1, -0.05) is 26.0 Å². The van der Waals surface area contributed by atoms with Gasteiger partial charge in [0.1, 0.15) is 5.82 Å². The molecule has 0 heterocycles. The summed E-state index contributed by atoms with van der Waals surface area (Å²) in [7, 11) is 0. The lowest BCUT2D eigenvalue weighted by Crippen LogP contribution is -2.06. The molecule has 0 saturated heterocycles. The molecule has 0 aliphatic carbocycles. The fraction of sp³-hybridized carbons (Fsp3) is 0.500. The van der Waals surface area contributed by atoms with Crippen molar-refractivity contribution in [3.8, 4) is 0 Å². The molecule has 0 bridgehead atoms. The number of halogens is 2. The lowest BCUT2D eigenvalue weighted by atomic mass is 10.0. The Morgan fingerprint density at radius 2 is 1.79 bits per heavy atom. The van der Waals surface area contributed by atoms with Crippen molar-refractivity contribution in [1.82, 2.24) is 0 Å². The molecule has 0 aromatic heterocycles. The van der Waals surface area contributed by atoms with E-state index in [-0.39, 0.29) is 11.2 Å². The van der Waals surface area contributed by atoms with Gasteiger partial charge in [0.25, 0.3) is 0 Å². The summed E-state index contributed by atoms with van der Waals surface area (Å²) >= 11 is 6.16. The molecule has 0 N–H and O–H groups in total. The van der Waals surface area contributed by atoms with Crippen LogP contribution in [0, 0.1) is 11.7 Å². The average Bonchev–Trinajstić information content (AvgIpc) is 2.07. The van der Waals surface area contributed by atoms with E-state index in [1.54, 1.807) is 12.1 Å². The third-order valence-corrected chi connectivity index (χ3v) is 2.43. The van der Waals surface area contributed by atoms with Gasteiger partial charge in [0.05, 0.1) is 0 Å². The van der Waals surface area contributed by atoms with E-state index in [1.807, 2.05) is 0 Å². The molecule has 0 radical (unpaired) electrons. The predicted octanol–water partition coefficient (Wildman–Crippen LogP) is 4.02. The molecule has 14 heavy (non-hydrogen) atoms. The molecular weight excluding hydrogens is 199 g/mol. The van der Waals surface area contributed by atoms with Crippen LogP contribution in [0.1, 0.15) is 25.8 Å². The summed E-state index contributed by atoms with van der Waals surface area (Å²) in [6, 6.07) is 6.55. The van der Waals surface area contributed by atoms with E-state index in [0.717, 1.165) is 18.4 Å². The second-order valence-corrected chi connectivity index (χ2v) is 4.67. The van der Waals surface area contributed by atoms with E-state index in [1.165, 1.54) is 12.1 Å². The van der Waals surface area contributed by atoms with Crippen LogP contribution >= 0.6 is 11.6 Å². The van der Waals surface area contributed by atoms with Gasteiger partial charge in [0.2, 0.25) is 0 Å². The first kappa shape index (κ1) is 11.5. The molecule has 0 nitrogen and oxygen atoms in total. The summed E-state index contributed by atoms with van der Waals surface area (Å²) in [4.78, 5) is 0. The van der Waals surface area contributed by atoms with Crippen molar-refractivity contribution in [3.63, 3.8) is 0 Å². The summed E-state index contributed by atoms with van der Waals surface area (Å²) in [6.45, 7) is 4.31. The molecule has 1 unspecified atom stereocenters.